The van der Waals surface area contributed by atoms with Crippen LogP contribution in [0.15, 0.2) is 41.1 Å². The molecular formula is C17H19NO4. The topological polar surface area (TPSA) is 66.8 Å². The second-order valence-electron chi connectivity index (χ2n) is 5.34. The highest BCUT2D eigenvalue weighted by atomic mass is 16.5. The van der Waals surface area contributed by atoms with E-state index < -0.39 is 5.97 Å². The second kappa shape index (κ2) is 6.05. The molecule has 0 fully saturated rings. The number of benzene rings is 1. The normalized spacial score (nSPS) is 16.9. The number of carbonyl (C=O) groups is 2. The van der Waals surface area contributed by atoms with Gasteiger partial charge in [-0.25, -0.2) is 4.79 Å². The molecule has 0 saturated carbocycles. The van der Waals surface area contributed by atoms with Crippen LogP contribution in [0.3, 0.4) is 0 Å². The quantitative estimate of drug-likeness (QED) is 0.688. The monoisotopic (exact) mass is 301 g/mol. The predicted molar refractivity (Wildman–Crippen MR) is 82.8 cm³/mol. The minimum atomic E-state index is -0.560. The van der Waals surface area contributed by atoms with Crippen molar-refractivity contribution in [3.8, 4) is 5.75 Å². The van der Waals surface area contributed by atoms with Gasteiger partial charge < -0.3 is 14.7 Å². The van der Waals surface area contributed by atoms with E-state index in [1.165, 1.54) is 19.3 Å². The first kappa shape index (κ1) is 15.8. The third-order valence-corrected chi connectivity index (χ3v) is 3.58. The Morgan fingerprint density at radius 3 is 2.50 bits per heavy atom. The molecule has 5 heteroatoms. The van der Waals surface area contributed by atoms with Crippen LogP contribution in [0.25, 0.3) is 6.08 Å². The number of methoxy groups -OCH3 is 1. The maximum Gasteiger partial charge on any atom is 0.340 e. The van der Waals surface area contributed by atoms with Crippen molar-refractivity contribution in [2.75, 3.05) is 7.11 Å². The summed E-state index contributed by atoms with van der Waals surface area (Å²) in [5, 5.41) is 9.88. The van der Waals surface area contributed by atoms with Gasteiger partial charge in [-0.2, -0.15) is 0 Å². The summed E-state index contributed by atoms with van der Waals surface area (Å²) in [5.74, 6) is -0.778. The van der Waals surface area contributed by atoms with Crippen LogP contribution < -0.4 is 0 Å². The fourth-order valence-corrected chi connectivity index (χ4v) is 2.58. The Balaban J connectivity index is 2.61. The minimum absolute atomic E-state index is 0.0488. The van der Waals surface area contributed by atoms with Crippen molar-refractivity contribution in [2.45, 2.75) is 26.8 Å². The third kappa shape index (κ3) is 2.62. The van der Waals surface area contributed by atoms with Crippen LogP contribution in [-0.4, -0.2) is 35.0 Å². The standard InChI is InChI=1S/C17H19NO4/c1-10(2)18-11(3)15(17(21)22-4)13(16(18)20)9-12-7-5-6-8-14(12)19/h5-10,19H,1-4H3/b13-9-. The number of phenols is 1. The Hall–Kier alpha value is -2.56. The average molecular weight is 301 g/mol. The van der Waals surface area contributed by atoms with Gasteiger partial charge in [0.25, 0.3) is 5.91 Å². The fraction of sp³-hybridized carbons (Fsp3) is 0.294. The number of hydrogen-bond donors (Lipinski definition) is 1. The summed E-state index contributed by atoms with van der Waals surface area (Å²) in [6.07, 6.45) is 1.52. The highest BCUT2D eigenvalue weighted by Gasteiger charge is 2.38. The molecule has 0 aromatic heterocycles. The number of esters is 1. The van der Waals surface area contributed by atoms with Crippen LogP contribution in [0.4, 0.5) is 0 Å². The SMILES string of the molecule is COC(=O)C1=C(C)N(C(C)C)C(=O)/C1=C\c1ccccc1O. The first-order valence-corrected chi connectivity index (χ1v) is 7.01. The number of ether oxygens (including phenoxy) is 1. The van der Waals surface area contributed by atoms with Gasteiger partial charge in [0.05, 0.1) is 18.3 Å². The van der Waals surface area contributed by atoms with Crippen LogP contribution in [-0.2, 0) is 14.3 Å². The summed E-state index contributed by atoms with van der Waals surface area (Å²) in [4.78, 5) is 26.2. The highest BCUT2D eigenvalue weighted by molar-refractivity contribution is 6.16. The van der Waals surface area contributed by atoms with Gasteiger partial charge in [0, 0.05) is 17.3 Å². The molecule has 0 aliphatic carbocycles. The van der Waals surface area contributed by atoms with E-state index in [0.29, 0.717) is 11.3 Å². The molecule has 1 aromatic rings. The average Bonchev–Trinajstić information content (AvgIpc) is 2.71. The number of phenolic OH excluding ortho intramolecular Hbond substituents is 1. The number of aromatic hydroxyl groups is 1. The van der Waals surface area contributed by atoms with Crippen molar-refractivity contribution in [3.63, 3.8) is 0 Å². The van der Waals surface area contributed by atoms with E-state index in [-0.39, 0.29) is 28.8 Å². The van der Waals surface area contributed by atoms with Gasteiger partial charge >= 0.3 is 5.97 Å². The number of rotatable bonds is 3. The Morgan fingerprint density at radius 1 is 1.32 bits per heavy atom. The first-order valence-electron chi connectivity index (χ1n) is 7.01. The first-order chi connectivity index (χ1) is 10.4. The summed E-state index contributed by atoms with van der Waals surface area (Å²) >= 11 is 0. The van der Waals surface area contributed by atoms with Gasteiger partial charge in [-0.15, -0.1) is 0 Å². The lowest BCUT2D eigenvalue weighted by atomic mass is 10.0. The molecule has 1 N–H and O–H groups in total. The van der Waals surface area contributed by atoms with Crippen molar-refractivity contribution >= 4 is 18.0 Å². The van der Waals surface area contributed by atoms with E-state index in [0.717, 1.165) is 0 Å². The van der Waals surface area contributed by atoms with Gasteiger partial charge in [-0.3, -0.25) is 4.79 Å². The molecule has 0 atom stereocenters. The summed E-state index contributed by atoms with van der Waals surface area (Å²) in [6.45, 7) is 5.47. The molecule has 0 unspecified atom stereocenters. The summed E-state index contributed by atoms with van der Waals surface area (Å²) in [7, 11) is 1.28. The molecule has 1 aromatic carbocycles. The smallest absolute Gasteiger partial charge is 0.340 e. The molecule has 1 aliphatic heterocycles. The number of carbonyl (C=O) groups excluding carboxylic acids is 2. The van der Waals surface area contributed by atoms with E-state index in [1.54, 1.807) is 30.0 Å². The Kier molecular flexibility index (Phi) is 4.35. The van der Waals surface area contributed by atoms with E-state index in [4.69, 9.17) is 4.74 Å². The molecule has 1 aliphatic rings. The zero-order valence-corrected chi connectivity index (χ0v) is 13.1. The third-order valence-electron chi connectivity index (χ3n) is 3.58. The van der Waals surface area contributed by atoms with Crippen LogP contribution in [0.1, 0.15) is 26.3 Å². The predicted octanol–water partition coefficient (Wildman–Crippen LogP) is 2.47. The Labute approximate surface area is 129 Å². The molecule has 1 heterocycles. The van der Waals surface area contributed by atoms with Gasteiger partial charge in [-0.1, -0.05) is 18.2 Å². The van der Waals surface area contributed by atoms with Crippen molar-refractivity contribution in [1.29, 1.82) is 0 Å². The lowest BCUT2D eigenvalue weighted by Crippen LogP contribution is -2.31. The van der Waals surface area contributed by atoms with E-state index in [1.807, 2.05) is 13.8 Å². The Morgan fingerprint density at radius 2 is 1.95 bits per heavy atom. The number of nitrogens with zero attached hydrogens (tertiary/aromatic N) is 1. The van der Waals surface area contributed by atoms with Crippen LogP contribution in [0.2, 0.25) is 0 Å². The summed E-state index contributed by atoms with van der Waals surface area (Å²) in [6, 6.07) is 6.57. The number of amides is 1. The lowest BCUT2D eigenvalue weighted by Gasteiger charge is -2.22. The summed E-state index contributed by atoms with van der Waals surface area (Å²) < 4.78 is 4.80. The lowest BCUT2D eigenvalue weighted by molar-refractivity contribution is -0.136. The maximum absolute atomic E-state index is 12.6. The van der Waals surface area contributed by atoms with Crippen LogP contribution >= 0.6 is 0 Å². The van der Waals surface area contributed by atoms with E-state index >= 15 is 0 Å². The van der Waals surface area contributed by atoms with E-state index in [2.05, 4.69) is 0 Å². The molecule has 2 rings (SSSR count). The molecule has 1 amide bonds. The van der Waals surface area contributed by atoms with Gasteiger partial charge in [0.2, 0.25) is 0 Å². The van der Waals surface area contributed by atoms with Crippen LogP contribution in [0, 0.1) is 0 Å². The molecule has 5 nitrogen and oxygen atoms in total. The highest BCUT2D eigenvalue weighted by Crippen LogP contribution is 2.34. The van der Waals surface area contributed by atoms with Gasteiger partial charge in [0.1, 0.15) is 5.75 Å². The van der Waals surface area contributed by atoms with Crippen molar-refractivity contribution < 1.29 is 19.4 Å². The van der Waals surface area contributed by atoms with Crippen molar-refractivity contribution in [1.82, 2.24) is 4.90 Å². The zero-order chi connectivity index (χ0) is 16.4. The molecular weight excluding hydrogens is 282 g/mol. The van der Waals surface area contributed by atoms with Crippen LogP contribution in [0.5, 0.6) is 5.75 Å². The molecule has 116 valence electrons. The summed E-state index contributed by atoms with van der Waals surface area (Å²) in [5.41, 5.74) is 1.52. The molecule has 0 saturated heterocycles. The molecule has 0 spiro atoms. The number of para-hydroxylation sites is 1. The number of allylic oxidation sites excluding steroid dienone is 1. The molecule has 22 heavy (non-hydrogen) atoms. The molecule has 0 bridgehead atoms. The fourth-order valence-electron chi connectivity index (χ4n) is 2.58. The minimum Gasteiger partial charge on any atom is -0.507 e. The van der Waals surface area contributed by atoms with Crippen molar-refractivity contribution in [3.05, 3.63) is 46.7 Å². The Bertz CT molecular complexity index is 686. The van der Waals surface area contributed by atoms with Gasteiger partial charge in [0.15, 0.2) is 0 Å². The van der Waals surface area contributed by atoms with E-state index in [9.17, 15) is 14.7 Å². The second-order valence-corrected chi connectivity index (χ2v) is 5.34. The van der Waals surface area contributed by atoms with Crippen molar-refractivity contribution in [2.24, 2.45) is 0 Å². The largest absolute Gasteiger partial charge is 0.507 e. The number of hydrogen-bond acceptors (Lipinski definition) is 4. The maximum atomic E-state index is 12.6. The zero-order valence-electron chi connectivity index (χ0n) is 13.1. The van der Waals surface area contributed by atoms with Gasteiger partial charge in [-0.05, 0) is 32.9 Å². The molecule has 0 radical (unpaired) electrons.